The van der Waals surface area contributed by atoms with Crippen LogP contribution in [0.1, 0.15) is 52.0 Å². The molecule has 11 heteroatoms. The molecule has 2 aromatic rings. The third-order valence-corrected chi connectivity index (χ3v) is 4.88. The van der Waals surface area contributed by atoms with E-state index >= 15 is 0 Å². The summed E-state index contributed by atoms with van der Waals surface area (Å²) in [6.45, 7) is 0.286. The lowest BCUT2D eigenvalue weighted by Crippen LogP contribution is -2.51. The van der Waals surface area contributed by atoms with E-state index < -0.39 is 35.0 Å². The number of alkyl halides is 6. The van der Waals surface area contributed by atoms with E-state index in [2.05, 4.69) is 10.3 Å². The Labute approximate surface area is 154 Å². The number of carbonyl (C=O) groups excluding carboxylic acids is 1. The van der Waals surface area contributed by atoms with Gasteiger partial charge in [-0.15, -0.1) is 5.10 Å². The minimum atomic E-state index is -4.99. The van der Waals surface area contributed by atoms with E-state index in [0.29, 0.717) is 18.1 Å². The zero-order valence-electron chi connectivity index (χ0n) is 14.3. The summed E-state index contributed by atoms with van der Waals surface area (Å²) in [6.07, 6.45) is -6.12. The van der Waals surface area contributed by atoms with Crippen LogP contribution in [0.2, 0.25) is 0 Å². The fourth-order valence-electron chi connectivity index (χ4n) is 3.08. The van der Waals surface area contributed by atoms with Crippen LogP contribution >= 0.6 is 0 Å². The zero-order valence-corrected chi connectivity index (χ0v) is 14.3. The van der Waals surface area contributed by atoms with Crippen molar-refractivity contribution in [1.29, 1.82) is 0 Å². The van der Waals surface area contributed by atoms with Crippen LogP contribution in [0.4, 0.5) is 26.3 Å². The average Bonchev–Trinajstić information content (AvgIpc) is 3.30. The molecule has 1 aromatic carbocycles. The fraction of sp³-hybridized carbons (Fsp3) is 0.471. The van der Waals surface area contributed by atoms with Crippen LogP contribution in [0.3, 0.4) is 0 Å². The number of hydrogen-bond donors (Lipinski definition) is 0. The van der Waals surface area contributed by atoms with Crippen molar-refractivity contribution in [1.82, 2.24) is 19.9 Å². The molecule has 150 valence electrons. The number of likely N-dealkylation sites (tertiary alicyclic amines) is 1. The van der Waals surface area contributed by atoms with E-state index in [1.54, 1.807) is 10.9 Å². The van der Waals surface area contributed by atoms with Gasteiger partial charge in [0.05, 0.1) is 22.9 Å². The molecule has 2 aliphatic rings. The summed E-state index contributed by atoms with van der Waals surface area (Å²) in [5.74, 6) is -0.479. The molecule has 0 bridgehead atoms. The van der Waals surface area contributed by atoms with E-state index in [1.165, 1.54) is 4.90 Å². The molecule has 1 amide bonds. The summed E-state index contributed by atoms with van der Waals surface area (Å²) < 4.78 is 79.2. The molecule has 1 aromatic heterocycles. The topological polar surface area (TPSA) is 51.0 Å². The summed E-state index contributed by atoms with van der Waals surface area (Å²) in [7, 11) is 0. The smallest absolute Gasteiger partial charge is 0.334 e. The SMILES string of the molecule is O=C(c1cc(C(F)(F)F)cc(C(F)(F)F)c1)N1CC(n2cc(C3CC3)nn2)C1. The summed E-state index contributed by atoms with van der Waals surface area (Å²) >= 11 is 0. The number of halogens is 6. The van der Waals surface area contributed by atoms with E-state index in [9.17, 15) is 31.1 Å². The van der Waals surface area contributed by atoms with Crippen molar-refractivity contribution in [3.63, 3.8) is 0 Å². The Hall–Kier alpha value is -2.59. The lowest BCUT2D eigenvalue weighted by molar-refractivity contribution is -0.143. The van der Waals surface area contributed by atoms with Crippen molar-refractivity contribution in [2.75, 3.05) is 13.1 Å². The molecule has 5 nitrogen and oxygen atoms in total. The van der Waals surface area contributed by atoms with Gasteiger partial charge in [0, 0.05) is 30.8 Å². The Bertz CT molecular complexity index is 877. The van der Waals surface area contributed by atoms with Gasteiger partial charge in [-0.2, -0.15) is 26.3 Å². The minimum Gasteiger partial charge on any atom is -0.334 e. The standard InChI is InChI=1S/C17H14F6N4O/c18-16(19,20)11-3-10(4-12(5-11)17(21,22)23)15(28)26-6-13(7-26)27-8-14(24-25-27)9-1-2-9/h3-5,8-9,13H,1-2,6-7H2. The maximum absolute atomic E-state index is 12.9. The van der Waals surface area contributed by atoms with E-state index in [1.807, 2.05) is 0 Å². The first-order chi connectivity index (χ1) is 13.0. The van der Waals surface area contributed by atoms with Crippen molar-refractivity contribution in [2.24, 2.45) is 0 Å². The number of benzene rings is 1. The van der Waals surface area contributed by atoms with Gasteiger partial charge in [0.15, 0.2) is 0 Å². The van der Waals surface area contributed by atoms with Gasteiger partial charge in [-0.25, -0.2) is 4.68 Å². The normalized spacial score (nSPS) is 18.3. The number of nitrogens with zero attached hydrogens (tertiary/aromatic N) is 4. The Balaban J connectivity index is 1.51. The minimum absolute atomic E-state index is 0.00447. The predicted molar refractivity (Wildman–Crippen MR) is 83.4 cm³/mol. The highest BCUT2D eigenvalue weighted by Gasteiger charge is 2.40. The van der Waals surface area contributed by atoms with Crippen LogP contribution in [0.15, 0.2) is 24.4 Å². The molecule has 0 unspecified atom stereocenters. The maximum Gasteiger partial charge on any atom is 0.416 e. The second-order valence-electron chi connectivity index (χ2n) is 7.06. The van der Waals surface area contributed by atoms with Crippen LogP contribution < -0.4 is 0 Å². The molecule has 1 saturated heterocycles. The molecular formula is C17H14F6N4O. The number of aromatic nitrogens is 3. The predicted octanol–water partition coefficient (Wildman–Crippen LogP) is 3.89. The van der Waals surface area contributed by atoms with Crippen LogP contribution in [0, 0.1) is 0 Å². The van der Waals surface area contributed by atoms with Gasteiger partial charge in [0.25, 0.3) is 5.91 Å². The summed E-state index contributed by atoms with van der Waals surface area (Å²) in [5, 5.41) is 8.04. The highest BCUT2D eigenvalue weighted by atomic mass is 19.4. The lowest BCUT2D eigenvalue weighted by Gasteiger charge is -2.39. The van der Waals surface area contributed by atoms with E-state index in [-0.39, 0.29) is 25.2 Å². The van der Waals surface area contributed by atoms with Crippen LogP contribution in [0.5, 0.6) is 0 Å². The highest BCUT2D eigenvalue weighted by molar-refractivity contribution is 5.95. The summed E-state index contributed by atoms with van der Waals surface area (Å²) in [6, 6.07) is 0.707. The molecule has 1 saturated carbocycles. The van der Waals surface area contributed by atoms with Crippen LogP contribution in [-0.4, -0.2) is 38.9 Å². The van der Waals surface area contributed by atoms with Gasteiger partial charge in [-0.1, -0.05) is 5.21 Å². The second-order valence-corrected chi connectivity index (χ2v) is 7.06. The number of carbonyl (C=O) groups is 1. The van der Waals surface area contributed by atoms with Gasteiger partial charge in [0.1, 0.15) is 0 Å². The van der Waals surface area contributed by atoms with Gasteiger partial charge in [-0.3, -0.25) is 4.79 Å². The lowest BCUT2D eigenvalue weighted by atomic mass is 10.0. The molecule has 0 spiro atoms. The first-order valence-electron chi connectivity index (χ1n) is 8.53. The van der Waals surface area contributed by atoms with Gasteiger partial charge in [0.2, 0.25) is 0 Å². The van der Waals surface area contributed by atoms with Gasteiger partial charge >= 0.3 is 12.4 Å². The number of rotatable bonds is 3. The van der Waals surface area contributed by atoms with Crippen molar-refractivity contribution in [3.8, 4) is 0 Å². The molecule has 2 heterocycles. The third kappa shape index (κ3) is 3.57. The number of amides is 1. The first kappa shape index (κ1) is 18.8. The Kier molecular flexibility index (Phi) is 4.16. The molecule has 0 N–H and O–H groups in total. The quantitative estimate of drug-likeness (QED) is 0.730. The largest absolute Gasteiger partial charge is 0.416 e. The summed E-state index contributed by atoms with van der Waals surface area (Å²) in [5.41, 5.74) is -2.79. The van der Waals surface area contributed by atoms with Crippen molar-refractivity contribution in [2.45, 2.75) is 37.2 Å². The van der Waals surface area contributed by atoms with Gasteiger partial charge in [-0.05, 0) is 31.0 Å². The Morgan fingerprint density at radius 1 is 0.964 bits per heavy atom. The zero-order chi connectivity index (χ0) is 20.3. The molecule has 1 aliphatic carbocycles. The molecule has 0 radical (unpaired) electrons. The Morgan fingerprint density at radius 3 is 2.04 bits per heavy atom. The van der Waals surface area contributed by atoms with Crippen molar-refractivity contribution >= 4 is 5.91 Å². The third-order valence-electron chi connectivity index (χ3n) is 4.88. The molecule has 1 aliphatic heterocycles. The monoisotopic (exact) mass is 404 g/mol. The van der Waals surface area contributed by atoms with E-state index in [4.69, 9.17) is 0 Å². The average molecular weight is 404 g/mol. The van der Waals surface area contributed by atoms with Crippen LogP contribution in [-0.2, 0) is 12.4 Å². The van der Waals surface area contributed by atoms with Crippen LogP contribution in [0.25, 0.3) is 0 Å². The fourth-order valence-corrected chi connectivity index (χ4v) is 3.08. The second kappa shape index (κ2) is 6.21. The van der Waals surface area contributed by atoms with Crippen molar-refractivity contribution in [3.05, 3.63) is 46.8 Å². The molecule has 0 atom stereocenters. The maximum atomic E-state index is 12.9. The number of hydrogen-bond acceptors (Lipinski definition) is 3. The first-order valence-corrected chi connectivity index (χ1v) is 8.53. The Morgan fingerprint density at radius 2 is 1.54 bits per heavy atom. The highest BCUT2D eigenvalue weighted by Crippen LogP contribution is 2.39. The summed E-state index contributed by atoms with van der Waals surface area (Å²) in [4.78, 5) is 13.6. The van der Waals surface area contributed by atoms with Gasteiger partial charge < -0.3 is 4.90 Å². The van der Waals surface area contributed by atoms with Crippen molar-refractivity contribution < 1.29 is 31.1 Å². The van der Waals surface area contributed by atoms with E-state index in [0.717, 1.165) is 18.5 Å². The molecular weight excluding hydrogens is 390 g/mol. The molecule has 2 fully saturated rings. The molecule has 4 rings (SSSR count). The molecule has 28 heavy (non-hydrogen) atoms.